The quantitative estimate of drug-likeness (QED) is 0.290. The Morgan fingerprint density at radius 2 is 1.79 bits per heavy atom. The van der Waals surface area contributed by atoms with E-state index in [2.05, 4.69) is 20.1 Å². The highest BCUT2D eigenvalue weighted by molar-refractivity contribution is 14.0. The SMILES string of the molecule is I.NC(=NCCc1ccc(-n2cccn2)cc1)Nc1ccc(OC(F)(F)F)cc1. The van der Waals surface area contributed by atoms with Crippen LogP contribution >= 0.6 is 24.0 Å². The van der Waals surface area contributed by atoms with E-state index in [-0.39, 0.29) is 35.7 Å². The first-order valence-corrected chi connectivity index (χ1v) is 8.41. The van der Waals surface area contributed by atoms with Crippen molar-refractivity contribution >= 4 is 35.6 Å². The summed E-state index contributed by atoms with van der Waals surface area (Å²) in [6, 6.07) is 15.0. The van der Waals surface area contributed by atoms with Gasteiger partial charge >= 0.3 is 6.36 Å². The molecule has 3 aromatic rings. The van der Waals surface area contributed by atoms with Gasteiger partial charge in [0.15, 0.2) is 5.96 Å². The summed E-state index contributed by atoms with van der Waals surface area (Å²) in [4.78, 5) is 4.22. The van der Waals surface area contributed by atoms with Gasteiger partial charge in [-0.3, -0.25) is 4.99 Å². The van der Waals surface area contributed by atoms with Gasteiger partial charge in [0.1, 0.15) is 5.75 Å². The molecule has 0 aliphatic carbocycles. The summed E-state index contributed by atoms with van der Waals surface area (Å²) in [6.07, 6.45) is -0.436. The van der Waals surface area contributed by atoms with E-state index < -0.39 is 6.36 Å². The molecule has 0 fully saturated rings. The number of nitrogens with one attached hydrogen (secondary N) is 1. The highest BCUT2D eigenvalue weighted by atomic mass is 127. The lowest BCUT2D eigenvalue weighted by Gasteiger charge is -2.10. The number of guanidine groups is 1. The summed E-state index contributed by atoms with van der Waals surface area (Å²) in [5.41, 5.74) is 8.39. The molecule has 6 nitrogen and oxygen atoms in total. The van der Waals surface area contributed by atoms with Gasteiger partial charge in [-0.05, 0) is 54.4 Å². The van der Waals surface area contributed by atoms with E-state index in [4.69, 9.17) is 5.73 Å². The highest BCUT2D eigenvalue weighted by Gasteiger charge is 2.30. The normalized spacial score (nSPS) is 11.6. The van der Waals surface area contributed by atoms with Crippen molar-refractivity contribution in [2.75, 3.05) is 11.9 Å². The number of nitrogens with zero attached hydrogens (tertiary/aromatic N) is 3. The summed E-state index contributed by atoms with van der Waals surface area (Å²) in [6.45, 7) is 0.467. The minimum atomic E-state index is -4.72. The lowest BCUT2D eigenvalue weighted by molar-refractivity contribution is -0.274. The Morgan fingerprint density at radius 3 is 2.38 bits per heavy atom. The monoisotopic (exact) mass is 517 g/mol. The minimum absolute atomic E-state index is 0. The van der Waals surface area contributed by atoms with Crippen LogP contribution in [0, 0.1) is 0 Å². The first-order valence-electron chi connectivity index (χ1n) is 8.41. The van der Waals surface area contributed by atoms with E-state index in [9.17, 15) is 13.2 Å². The van der Waals surface area contributed by atoms with Crippen molar-refractivity contribution in [2.45, 2.75) is 12.8 Å². The molecule has 0 saturated heterocycles. The van der Waals surface area contributed by atoms with Gasteiger partial charge in [-0.2, -0.15) is 5.10 Å². The Bertz CT molecular complexity index is 911. The van der Waals surface area contributed by atoms with Crippen LogP contribution in [0.15, 0.2) is 72.0 Å². The Hall–Kier alpha value is -2.76. The molecule has 3 N–H and O–H groups in total. The van der Waals surface area contributed by atoms with Gasteiger partial charge in [0, 0.05) is 24.6 Å². The van der Waals surface area contributed by atoms with Crippen LogP contribution in [0.25, 0.3) is 5.69 Å². The van der Waals surface area contributed by atoms with E-state index in [0.717, 1.165) is 11.3 Å². The average molecular weight is 517 g/mol. The second kappa shape index (κ2) is 10.1. The number of rotatable bonds is 6. The molecule has 1 aromatic heterocycles. The molecule has 0 amide bonds. The van der Waals surface area contributed by atoms with E-state index >= 15 is 0 Å². The predicted molar refractivity (Wildman–Crippen MR) is 116 cm³/mol. The minimum Gasteiger partial charge on any atom is -0.406 e. The van der Waals surface area contributed by atoms with Gasteiger partial charge in [-0.15, -0.1) is 37.1 Å². The van der Waals surface area contributed by atoms with Gasteiger partial charge < -0.3 is 15.8 Å². The number of aliphatic imine (C=N–C) groups is 1. The van der Waals surface area contributed by atoms with E-state index in [0.29, 0.717) is 18.7 Å². The van der Waals surface area contributed by atoms with Crippen LogP contribution in [0.5, 0.6) is 5.75 Å². The van der Waals surface area contributed by atoms with Crippen LogP contribution in [-0.2, 0) is 6.42 Å². The number of halogens is 4. The third kappa shape index (κ3) is 7.29. The molecule has 29 heavy (non-hydrogen) atoms. The standard InChI is InChI=1S/C19H18F3N5O.HI/c20-19(21,22)28-17-8-4-15(5-9-17)26-18(23)24-12-10-14-2-6-16(7-3-14)27-13-1-11-25-27;/h1-9,11,13H,10,12H2,(H3,23,24,26);1H. The highest BCUT2D eigenvalue weighted by Crippen LogP contribution is 2.23. The summed E-state index contributed by atoms with van der Waals surface area (Å²) in [5, 5.41) is 7.00. The smallest absolute Gasteiger partial charge is 0.406 e. The molecule has 1 heterocycles. The fourth-order valence-corrected chi connectivity index (χ4v) is 2.47. The average Bonchev–Trinajstić information content (AvgIpc) is 3.17. The second-order valence-corrected chi connectivity index (χ2v) is 5.83. The Morgan fingerprint density at radius 1 is 1.10 bits per heavy atom. The van der Waals surface area contributed by atoms with Crippen molar-refractivity contribution in [3.8, 4) is 11.4 Å². The largest absolute Gasteiger partial charge is 0.573 e. The molecule has 0 saturated carbocycles. The first kappa shape index (κ1) is 22.5. The summed E-state index contributed by atoms with van der Waals surface area (Å²) in [5.74, 6) is -0.121. The Kier molecular flexibility index (Phi) is 7.88. The van der Waals surface area contributed by atoms with Gasteiger partial charge in [0.25, 0.3) is 0 Å². The van der Waals surface area contributed by atoms with Crippen LogP contribution in [0.4, 0.5) is 18.9 Å². The zero-order chi connectivity index (χ0) is 20.0. The van der Waals surface area contributed by atoms with Crippen molar-refractivity contribution < 1.29 is 17.9 Å². The van der Waals surface area contributed by atoms with Crippen molar-refractivity contribution in [3.63, 3.8) is 0 Å². The molecule has 0 radical (unpaired) electrons. The first-order chi connectivity index (χ1) is 13.4. The maximum Gasteiger partial charge on any atom is 0.573 e. The van der Waals surface area contributed by atoms with E-state index in [1.165, 1.54) is 24.3 Å². The molecular formula is C19H19F3IN5O. The van der Waals surface area contributed by atoms with Crippen LogP contribution < -0.4 is 15.8 Å². The van der Waals surface area contributed by atoms with Crippen LogP contribution in [-0.4, -0.2) is 28.6 Å². The third-order valence-electron chi connectivity index (χ3n) is 3.75. The number of alkyl halides is 3. The van der Waals surface area contributed by atoms with Crippen molar-refractivity contribution in [1.82, 2.24) is 9.78 Å². The molecule has 0 unspecified atom stereocenters. The molecule has 0 spiro atoms. The molecular weight excluding hydrogens is 498 g/mol. The number of anilines is 1. The number of hydrogen-bond donors (Lipinski definition) is 2. The zero-order valence-electron chi connectivity index (χ0n) is 15.1. The number of nitrogens with two attached hydrogens (primary N) is 1. The Labute approximate surface area is 182 Å². The fourth-order valence-electron chi connectivity index (χ4n) is 2.47. The van der Waals surface area contributed by atoms with Gasteiger partial charge in [-0.25, -0.2) is 4.68 Å². The third-order valence-corrected chi connectivity index (χ3v) is 3.75. The maximum absolute atomic E-state index is 12.1. The molecule has 10 heteroatoms. The number of aromatic nitrogens is 2. The van der Waals surface area contributed by atoms with Gasteiger partial charge in [-0.1, -0.05) is 12.1 Å². The number of hydrogen-bond acceptors (Lipinski definition) is 3. The molecule has 3 rings (SSSR count). The van der Waals surface area contributed by atoms with Crippen LogP contribution in [0.1, 0.15) is 5.56 Å². The van der Waals surface area contributed by atoms with E-state index in [1.54, 1.807) is 10.9 Å². The molecule has 0 aliphatic rings. The molecule has 154 valence electrons. The van der Waals surface area contributed by atoms with Crippen molar-refractivity contribution in [1.29, 1.82) is 0 Å². The topological polar surface area (TPSA) is 77.5 Å². The molecule has 2 aromatic carbocycles. The zero-order valence-corrected chi connectivity index (χ0v) is 17.5. The number of ether oxygens (including phenoxy) is 1. The fraction of sp³-hybridized carbons (Fsp3) is 0.158. The summed E-state index contributed by atoms with van der Waals surface area (Å²) in [7, 11) is 0. The molecule has 0 aliphatic heterocycles. The van der Waals surface area contributed by atoms with Gasteiger partial charge in [0.05, 0.1) is 5.69 Å². The van der Waals surface area contributed by atoms with Gasteiger partial charge in [0.2, 0.25) is 0 Å². The van der Waals surface area contributed by atoms with E-state index in [1.807, 2.05) is 36.5 Å². The van der Waals surface area contributed by atoms with Crippen molar-refractivity contribution in [2.24, 2.45) is 10.7 Å². The van der Waals surface area contributed by atoms with Crippen LogP contribution in [0.3, 0.4) is 0 Å². The summed E-state index contributed by atoms with van der Waals surface area (Å²) >= 11 is 0. The van der Waals surface area contributed by atoms with Crippen molar-refractivity contribution in [3.05, 3.63) is 72.6 Å². The predicted octanol–water partition coefficient (Wildman–Crippen LogP) is 4.36. The van der Waals surface area contributed by atoms with Crippen LogP contribution in [0.2, 0.25) is 0 Å². The summed E-state index contributed by atoms with van der Waals surface area (Å²) < 4.78 is 42.0. The molecule has 0 bridgehead atoms. The second-order valence-electron chi connectivity index (χ2n) is 5.83. The number of benzene rings is 2. The maximum atomic E-state index is 12.1. The molecule has 0 atom stereocenters. The lowest BCUT2D eigenvalue weighted by Crippen LogP contribution is -2.23. The lowest BCUT2D eigenvalue weighted by atomic mass is 10.1. The Balaban J connectivity index is 0.00000300.